The lowest BCUT2D eigenvalue weighted by Crippen LogP contribution is -2.34. The third-order valence-electron chi connectivity index (χ3n) is 2.76. The molecule has 0 spiro atoms. The van der Waals surface area contributed by atoms with E-state index < -0.39 is 0 Å². The minimum Gasteiger partial charge on any atom is -0.378 e. The lowest BCUT2D eigenvalue weighted by molar-refractivity contribution is 0.111. The Morgan fingerprint density at radius 1 is 1.38 bits per heavy atom. The zero-order chi connectivity index (χ0) is 11.5. The van der Waals surface area contributed by atoms with E-state index in [1.165, 1.54) is 0 Å². The first-order chi connectivity index (χ1) is 7.69. The van der Waals surface area contributed by atoms with Crippen LogP contribution >= 0.6 is 0 Å². The third-order valence-corrected chi connectivity index (χ3v) is 2.76. The number of methoxy groups -OCH3 is 1. The van der Waals surface area contributed by atoms with Crippen LogP contribution in [0, 0.1) is 13.8 Å². The highest BCUT2D eigenvalue weighted by Gasteiger charge is 2.26. The Hall–Kier alpha value is -1.20. The van der Waals surface area contributed by atoms with Gasteiger partial charge in [0.1, 0.15) is 11.6 Å². The molecule has 2 unspecified atom stereocenters. The molecular formula is C11H18N4O. The molecule has 0 amide bonds. The molecule has 2 atom stereocenters. The van der Waals surface area contributed by atoms with Crippen LogP contribution in [0.25, 0.3) is 0 Å². The molecule has 1 saturated heterocycles. The van der Waals surface area contributed by atoms with Crippen molar-refractivity contribution in [1.82, 2.24) is 15.3 Å². The molecule has 1 aromatic heterocycles. The highest BCUT2D eigenvalue weighted by molar-refractivity contribution is 5.37. The topological polar surface area (TPSA) is 59.1 Å². The molecule has 0 aromatic carbocycles. The largest absolute Gasteiger partial charge is 0.378 e. The summed E-state index contributed by atoms with van der Waals surface area (Å²) in [5, 5.41) is 6.68. The number of hydrogen-bond acceptors (Lipinski definition) is 5. The van der Waals surface area contributed by atoms with Gasteiger partial charge in [-0.3, -0.25) is 0 Å². The Morgan fingerprint density at radius 2 is 2.19 bits per heavy atom. The van der Waals surface area contributed by atoms with Crippen molar-refractivity contribution >= 4 is 5.82 Å². The summed E-state index contributed by atoms with van der Waals surface area (Å²) in [4.78, 5) is 8.61. The van der Waals surface area contributed by atoms with Crippen molar-refractivity contribution in [2.24, 2.45) is 0 Å². The highest BCUT2D eigenvalue weighted by Crippen LogP contribution is 2.12. The summed E-state index contributed by atoms with van der Waals surface area (Å²) in [6, 6.07) is 2.23. The van der Waals surface area contributed by atoms with Gasteiger partial charge in [0.15, 0.2) is 0 Å². The predicted molar refractivity (Wildman–Crippen MR) is 62.6 cm³/mol. The van der Waals surface area contributed by atoms with Gasteiger partial charge in [-0.15, -0.1) is 0 Å². The van der Waals surface area contributed by atoms with E-state index in [1.54, 1.807) is 7.11 Å². The van der Waals surface area contributed by atoms with Crippen molar-refractivity contribution in [2.45, 2.75) is 26.0 Å². The molecule has 2 N–H and O–H groups in total. The average Bonchev–Trinajstić information content (AvgIpc) is 2.63. The number of rotatable bonds is 3. The lowest BCUT2D eigenvalue weighted by atomic mass is 10.2. The minimum absolute atomic E-state index is 0.204. The third kappa shape index (κ3) is 2.48. The zero-order valence-corrected chi connectivity index (χ0v) is 9.95. The molecule has 1 aliphatic rings. The first-order valence-corrected chi connectivity index (χ1v) is 5.51. The van der Waals surface area contributed by atoms with Crippen LogP contribution in [0.15, 0.2) is 6.07 Å². The van der Waals surface area contributed by atoms with Crippen LogP contribution in [-0.2, 0) is 4.74 Å². The summed E-state index contributed by atoms with van der Waals surface area (Å²) in [5.74, 6) is 1.67. The molecular weight excluding hydrogens is 204 g/mol. The Balaban J connectivity index is 2.08. The van der Waals surface area contributed by atoms with Gasteiger partial charge in [0.2, 0.25) is 0 Å². The maximum Gasteiger partial charge on any atom is 0.130 e. The molecule has 1 aromatic rings. The summed E-state index contributed by atoms with van der Waals surface area (Å²) in [5.41, 5.74) is 0.981. The molecule has 88 valence electrons. The second kappa shape index (κ2) is 4.76. The number of hydrogen-bond donors (Lipinski definition) is 2. The van der Waals surface area contributed by atoms with Crippen molar-refractivity contribution in [3.05, 3.63) is 17.6 Å². The predicted octanol–water partition coefficient (Wildman–Crippen LogP) is 0.492. The fourth-order valence-corrected chi connectivity index (χ4v) is 2.03. The van der Waals surface area contributed by atoms with Crippen molar-refractivity contribution < 1.29 is 4.74 Å². The number of nitrogens with zero attached hydrogens (tertiary/aromatic N) is 2. The Bertz CT molecular complexity index is 349. The van der Waals surface area contributed by atoms with Crippen LogP contribution in [0.3, 0.4) is 0 Å². The van der Waals surface area contributed by atoms with Crippen LogP contribution < -0.4 is 10.6 Å². The monoisotopic (exact) mass is 222 g/mol. The number of nitrogens with one attached hydrogen (secondary N) is 2. The van der Waals surface area contributed by atoms with Gasteiger partial charge in [-0.1, -0.05) is 0 Å². The maximum atomic E-state index is 5.39. The van der Waals surface area contributed by atoms with E-state index in [4.69, 9.17) is 4.74 Å². The number of aromatic nitrogens is 2. The SMILES string of the molecule is COC1CNCC1Nc1cc(C)nc(C)n1. The van der Waals surface area contributed by atoms with E-state index in [9.17, 15) is 0 Å². The number of aryl methyl sites for hydroxylation is 2. The first-order valence-electron chi connectivity index (χ1n) is 5.51. The van der Waals surface area contributed by atoms with Gasteiger partial charge in [-0.25, -0.2) is 9.97 Å². The Kier molecular flexibility index (Phi) is 3.36. The van der Waals surface area contributed by atoms with Gasteiger partial charge in [-0.05, 0) is 13.8 Å². The standard InChI is InChI=1S/C11H18N4O/c1-7-4-11(14-8(2)13-7)15-9-5-12-6-10(9)16-3/h4,9-10,12H,5-6H2,1-3H3,(H,13,14,15). The van der Waals surface area contributed by atoms with E-state index in [1.807, 2.05) is 19.9 Å². The second-order valence-electron chi connectivity index (χ2n) is 4.13. The molecule has 1 aliphatic heterocycles. The van der Waals surface area contributed by atoms with E-state index in [2.05, 4.69) is 20.6 Å². The summed E-state index contributed by atoms with van der Waals surface area (Å²) >= 11 is 0. The van der Waals surface area contributed by atoms with Crippen LogP contribution in [-0.4, -0.2) is 42.3 Å². The van der Waals surface area contributed by atoms with Gasteiger partial charge < -0.3 is 15.4 Å². The molecule has 0 radical (unpaired) electrons. The minimum atomic E-state index is 0.204. The van der Waals surface area contributed by atoms with Crippen molar-refractivity contribution in [1.29, 1.82) is 0 Å². The van der Waals surface area contributed by atoms with Gasteiger partial charge in [0.05, 0.1) is 12.1 Å². The summed E-state index contributed by atoms with van der Waals surface area (Å²) in [6.07, 6.45) is 0.204. The van der Waals surface area contributed by atoms with Crippen molar-refractivity contribution in [3.8, 4) is 0 Å². The van der Waals surface area contributed by atoms with Crippen molar-refractivity contribution in [3.63, 3.8) is 0 Å². The quantitative estimate of drug-likeness (QED) is 0.779. The average molecular weight is 222 g/mol. The Morgan fingerprint density at radius 3 is 2.88 bits per heavy atom. The molecule has 2 rings (SSSR count). The molecule has 2 heterocycles. The lowest BCUT2D eigenvalue weighted by Gasteiger charge is -2.19. The molecule has 5 nitrogen and oxygen atoms in total. The van der Waals surface area contributed by atoms with Crippen LogP contribution in [0.5, 0.6) is 0 Å². The van der Waals surface area contributed by atoms with E-state index in [0.29, 0.717) is 0 Å². The van der Waals surface area contributed by atoms with Crippen LogP contribution in [0.1, 0.15) is 11.5 Å². The number of anilines is 1. The maximum absolute atomic E-state index is 5.39. The normalized spacial score (nSPS) is 24.7. The fourth-order valence-electron chi connectivity index (χ4n) is 2.03. The van der Waals surface area contributed by atoms with E-state index in [0.717, 1.165) is 30.4 Å². The molecule has 1 fully saturated rings. The summed E-state index contributed by atoms with van der Waals surface area (Å²) in [7, 11) is 1.74. The molecule has 0 saturated carbocycles. The van der Waals surface area contributed by atoms with Gasteiger partial charge in [0, 0.05) is 32.0 Å². The molecule has 16 heavy (non-hydrogen) atoms. The van der Waals surface area contributed by atoms with Gasteiger partial charge in [0.25, 0.3) is 0 Å². The van der Waals surface area contributed by atoms with Crippen LogP contribution in [0.4, 0.5) is 5.82 Å². The number of ether oxygens (including phenoxy) is 1. The van der Waals surface area contributed by atoms with E-state index in [-0.39, 0.29) is 12.1 Å². The molecule has 5 heteroatoms. The second-order valence-corrected chi connectivity index (χ2v) is 4.13. The highest BCUT2D eigenvalue weighted by atomic mass is 16.5. The molecule has 0 bridgehead atoms. The van der Waals surface area contributed by atoms with E-state index >= 15 is 0 Å². The van der Waals surface area contributed by atoms with Crippen LogP contribution in [0.2, 0.25) is 0 Å². The molecule has 0 aliphatic carbocycles. The summed E-state index contributed by atoms with van der Waals surface area (Å²) in [6.45, 7) is 5.66. The van der Waals surface area contributed by atoms with Gasteiger partial charge >= 0.3 is 0 Å². The first kappa shape index (κ1) is 11.3. The smallest absolute Gasteiger partial charge is 0.130 e. The van der Waals surface area contributed by atoms with Gasteiger partial charge in [-0.2, -0.15) is 0 Å². The van der Waals surface area contributed by atoms with Crippen molar-refractivity contribution in [2.75, 3.05) is 25.5 Å². The zero-order valence-electron chi connectivity index (χ0n) is 9.95. The summed E-state index contributed by atoms with van der Waals surface area (Å²) < 4.78 is 5.39. The fraction of sp³-hybridized carbons (Fsp3) is 0.636. The Labute approximate surface area is 95.6 Å².